The van der Waals surface area contributed by atoms with Crippen molar-refractivity contribution in [3.63, 3.8) is 0 Å². The van der Waals surface area contributed by atoms with Crippen LogP contribution >= 0.6 is 0 Å². The summed E-state index contributed by atoms with van der Waals surface area (Å²) in [6.45, 7) is 6.11. The summed E-state index contributed by atoms with van der Waals surface area (Å²) in [4.78, 5) is 12.0. The topological polar surface area (TPSA) is 52.9 Å². The van der Waals surface area contributed by atoms with E-state index in [4.69, 9.17) is 5.26 Å². The first-order valence-corrected chi connectivity index (χ1v) is 5.55. The minimum absolute atomic E-state index is 0.0351. The zero-order valence-electron chi connectivity index (χ0n) is 9.98. The van der Waals surface area contributed by atoms with E-state index < -0.39 is 0 Å². The third-order valence-corrected chi connectivity index (χ3v) is 3.27. The van der Waals surface area contributed by atoms with E-state index in [2.05, 4.69) is 25.2 Å². The molecule has 0 saturated heterocycles. The van der Waals surface area contributed by atoms with Gasteiger partial charge in [-0.2, -0.15) is 5.26 Å². The van der Waals surface area contributed by atoms with E-state index in [0.29, 0.717) is 18.4 Å². The highest BCUT2D eigenvalue weighted by molar-refractivity contribution is 5.98. The Labute approximate surface area is 95.8 Å². The van der Waals surface area contributed by atoms with Crippen molar-refractivity contribution < 1.29 is 4.79 Å². The van der Waals surface area contributed by atoms with Gasteiger partial charge in [0.05, 0.1) is 11.6 Å². The van der Waals surface area contributed by atoms with Crippen LogP contribution in [0.15, 0.2) is 22.5 Å². The van der Waals surface area contributed by atoms with Gasteiger partial charge in [0.2, 0.25) is 0 Å². The van der Waals surface area contributed by atoms with Crippen molar-refractivity contribution >= 4 is 5.78 Å². The number of nitrogens with zero attached hydrogens (tertiary/aromatic N) is 1. The fraction of sp³-hybridized carbons (Fsp3) is 0.538. The normalized spacial score (nSPS) is 23.8. The second-order valence-electron chi connectivity index (χ2n) is 5.42. The van der Waals surface area contributed by atoms with Crippen LogP contribution in [0.4, 0.5) is 0 Å². The molecule has 2 rings (SSSR count). The van der Waals surface area contributed by atoms with E-state index in [1.165, 1.54) is 0 Å². The molecule has 1 heterocycles. The molecule has 1 aliphatic heterocycles. The maximum atomic E-state index is 12.0. The van der Waals surface area contributed by atoms with Gasteiger partial charge in [0.15, 0.2) is 5.78 Å². The molecule has 3 heteroatoms. The van der Waals surface area contributed by atoms with Gasteiger partial charge < -0.3 is 5.32 Å². The molecule has 84 valence electrons. The van der Waals surface area contributed by atoms with E-state index in [1.807, 2.05) is 6.92 Å². The van der Waals surface area contributed by atoms with Gasteiger partial charge in [-0.05, 0) is 18.8 Å². The smallest absolute Gasteiger partial charge is 0.161 e. The van der Waals surface area contributed by atoms with Crippen LogP contribution in [-0.2, 0) is 4.79 Å². The van der Waals surface area contributed by atoms with Gasteiger partial charge in [0, 0.05) is 29.8 Å². The number of carbonyl (C=O) groups excluding carboxylic acids is 1. The Morgan fingerprint density at radius 3 is 2.69 bits per heavy atom. The fourth-order valence-electron chi connectivity index (χ4n) is 2.42. The highest BCUT2D eigenvalue weighted by Gasteiger charge is 2.35. The first-order valence-electron chi connectivity index (χ1n) is 5.55. The molecule has 0 bridgehead atoms. The van der Waals surface area contributed by atoms with Gasteiger partial charge in [0.1, 0.15) is 0 Å². The number of rotatable bonds is 0. The molecule has 2 aliphatic rings. The van der Waals surface area contributed by atoms with Crippen molar-refractivity contribution in [2.75, 3.05) is 0 Å². The summed E-state index contributed by atoms with van der Waals surface area (Å²) in [7, 11) is 0. The highest BCUT2D eigenvalue weighted by Crippen LogP contribution is 2.39. The van der Waals surface area contributed by atoms with Crippen molar-refractivity contribution in [1.82, 2.24) is 5.32 Å². The van der Waals surface area contributed by atoms with Crippen molar-refractivity contribution in [1.29, 1.82) is 5.26 Å². The Bertz CT molecular complexity index is 461. The predicted octanol–water partition coefficient (Wildman–Crippen LogP) is 2.42. The minimum atomic E-state index is 0.0351. The summed E-state index contributed by atoms with van der Waals surface area (Å²) in [6.07, 6.45) is 2.00. The lowest BCUT2D eigenvalue weighted by molar-refractivity contribution is -0.118. The SMILES string of the molecule is CC1=C(C#N)CC2=C(CC(C)(C)CC2=O)N1. The van der Waals surface area contributed by atoms with Gasteiger partial charge in [-0.25, -0.2) is 0 Å². The molecular formula is C13H16N2O. The molecular weight excluding hydrogens is 200 g/mol. The molecule has 0 radical (unpaired) electrons. The lowest BCUT2D eigenvalue weighted by atomic mass is 9.73. The third-order valence-electron chi connectivity index (χ3n) is 3.27. The van der Waals surface area contributed by atoms with Gasteiger partial charge in [-0.3, -0.25) is 4.79 Å². The molecule has 0 fully saturated rings. The largest absolute Gasteiger partial charge is 0.361 e. The van der Waals surface area contributed by atoms with Crippen LogP contribution in [0.5, 0.6) is 0 Å². The van der Waals surface area contributed by atoms with Crippen LogP contribution in [0.2, 0.25) is 0 Å². The Kier molecular flexibility index (Phi) is 2.38. The molecule has 0 amide bonds. The number of ketones is 1. The van der Waals surface area contributed by atoms with E-state index in [0.717, 1.165) is 23.4 Å². The maximum absolute atomic E-state index is 12.0. The number of nitriles is 1. The zero-order chi connectivity index (χ0) is 11.9. The molecule has 16 heavy (non-hydrogen) atoms. The molecule has 0 aromatic carbocycles. The molecule has 0 atom stereocenters. The predicted molar refractivity (Wildman–Crippen MR) is 61.1 cm³/mol. The first kappa shape index (κ1) is 10.9. The molecule has 3 nitrogen and oxygen atoms in total. The number of dihydropyridines is 1. The summed E-state index contributed by atoms with van der Waals surface area (Å²) in [5.74, 6) is 0.194. The minimum Gasteiger partial charge on any atom is -0.361 e. The number of nitrogens with one attached hydrogen (secondary N) is 1. The summed E-state index contributed by atoms with van der Waals surface area (Å²) in [5.41, 5.74) is 3.46. The fourth-order valence-corrected chi connectivity index (χ4v) is 2.42. The van der Waals surface area contributed by atoms with Crippen molar-refractivity contribution in [3.05, 3.63) is 22.5 Å². The van der Waals surface area contributed by atoms with E-state index in [9.17, 15) is 4.79 Å². The van der Waals surface area contributed by atoms with Gasteiger partial charge in [-0.15, -0.1) is 0 Å². The van der Waals surface area contributed by atoms with Crippen LogP contribution in [0.1, 0.15) is 40.0 Å². The number of Topliss-reactive ketones (excluding diaryl/α,β-unsaturated/α-hetero) is 1. The van der Waals surface area contributed by atoms with Crippen molar-refractivity contribution in [2.24, 2.45) is 5.41 Å². The first-order chi connectivity index (χ1) is 7.43. The van der Waals surface area contributed by atoms with E-state index in [1.54, 1.807) is 0 Å². The lowest BCUT2D eigenvalue weighted by Crippen LogP contribution is -2.33. The van der Waals surface area contributed by atoms with Crippen LogP contribution < -0.4 is 5.32 Å². The molecule has 1 N–H and O–H groups in total. The van der Waals surface area contributed by atoms with E-state index in [-0.39, 0.29) is 11.2 Å². The van der Waals surface area contributed by atoms with Crippen LogP contribution in [0, 0.1) is 16.7 Å². The van der Waals surface area contributed by atoms with Crippen molar-refractivity contribution in [2.45, 2.75) is 40.0 Å². The quantitative estimate of drug-likeness (QED) is 0.676. The summed E-state index contributed by atoms with van der Waals surface area (Å²) < 4.78 is 0. The van der Waals surface area contributed by atoms with Crippen LogP contribution in [-0.4, -0.2) is 5.78 Å². The van der Waals surface area contributed by atoms with Gasteiger partial charge in [-0.1, -0.05) is 13.8 Å². The Balaban J connectivity index is 2.35. The maximum Gasteiger partial charge on any atom is 0.161 e. The van der Waals surface area contributed by atoms with Gasteiger partial charge >= 0.3 is 0 Å². The average Bonchev–Trinajstić information content (AvgIpc) is 2.14. The van der Waals surface area contributed by atoms with Crippen LogP contribution in [0.25, 0.3) is 0 Å². The second kappa shape index (κ2) is 3.48. The average molecular weight is 216 g/mol. The second-order valence-corrected chi connectivity index (χ2v) is 5.42. The summed E-state index contributed by atoms with van der Waals surface area (Å²) in [5, 5.41) is 12.2. The standard InChI is InChI=1S/C13H16N2O/c1-8-9(7-14)4-10-11(15-8)5-13(2,3)6-12(10)16/h15H,4-6H2,1-3H3. The number of carbonyl (C=O) groups is 1. The summed E-state index contributed by atoms with van der Waals surface area (Å²) >= 11 is 0. The monoisotopic (exact) mass is 216 g/mol. The molecule has 0 aromatic rings. The lowest BCUT2D eigenvalue weighted by Gasteiger charge is -2.35. The zero-order valence-corrected chi connectivity index (χ0v) is 9.98. The number of hydrogen-bond donors (Lipinski definition) is 1. The number of allylic oxidation sites excluding steroid dienone is 4. The Hall–Kier alpha value is -1.56. The van der Waals surface area contributed by atoms with Crippen molar-refractivity contribution in [3.8, 4) is 6.07 Å². The summed E-state index contributed by atoms with van der Waals surface area (Å²) in [6, 6.07) is 2.16. The van der Waals surface area contributed by atoms with Gasteiger partial charge in [0.25, 0.3) is 0 Å². The Morgan fingerprint density at radius 1 is 1.38 bits per heavy atom. The molecule has 0 unspecified atom stereocenters. The van der Waals surface area contributed by atoms with Crippen LogP contribution in [0.3, 0.4) is 0 Å². The van der Waals surface area contributed by atoms with E-state index >= 15 is 0 Å². The third kappa shape index (κ3) is 1.76. The molecule has 0 aromatic heterocycles. The Morgan fingerprint density at radius 2 is 2.06 bits per heavy atom. The molecule has 1 aliphatic carbocycles. The molecule has 0 spiro atoms. The molecule has 0 saturated carbocycles. The number of hydrogen-bond acceptors (Lipinski definition) is 3. The highest BCUT2D eigenvalue weighted by atomic mass is 16.1.